The zero-order chi connectivity index (χ0) is 18.3. The van der Waals surface area contributed by atoms with Crippen LogP contribution in [0, 0.1) is 0 Å². The molecule has 132 valence electrons. The maximum Gasteiger partial charge on any atom is 0.260 e. The minimum Gasteiger partial charge on any atom is -0.497 e. The van der Waals surface area contributed by atoms with Crippen LogP contribution in [0.25, 0.3) is 0 Å². The van der Waals surface area contributed by atoms with Crippen LogP contribution in [0.2, 0.25) is 0 Å². The van der Waals surface area contributed by atoms with E-state index in [9.17, 15) is 13.2 Å². The molecule has 0 aliphatic rings. The van der Waals surface area contributed by atoms with Crippen molar-refractivity contribution in [3.8, 4) is 5.75 Å². The molecule has 9 heteroatoms. The van der Waals surface area contributed by atoms with Gasteiger partial charge in [-0.15, -0.1) is 0 Å². The summed E-state index contributed by atoms with van der Waals surface area (Å²) in [5.41, 5.74) is 3.36. The average molecular weight is 362 g/mol. The van der Waals surface area contributed by atoms with E-state index in [0.717, 1.165) is 10.6 Å². The number of pyridine rings is 1. The summed E-state index contributed by atoms with van der Waals surface area (Å²) in [5, 5.41) is 3.79. The maximum atomic E-state index is 12.0. The van der Waals surface area contributed by atoms with E-state index in [1.54, 1.807) is 48.8 Å². The SMILES string of the molecule is COc1ccc(N(CC(=O)N/N=C\c2cccnc2)S(C)(=O)=O)cc1. The maximum absolute atomic E-state index is 12.0. The molecule has 1 heterocycles. The van der Waals surface area contributed by atoms with E-state index in [-0.39, 0.29) is 0 Å². The Kier molecular flexibility index (Phi) is 6.07. The second-order valence-electron chi connectivity index (χ2n) is 5.05. The van der Waals surface area contributed by atoms with E-state index in [0.29, 0.717) is 17.0 Å². The molecule has 25 heavy (non-hydrogen) atoms. The van der Waals surface area contributed by atoms with Crippen molar-refractivity contribution in [3.05, 3.63) is 54.4 Å². The van der Waals surface area contributed by atoms with Crippen LogP contribution in [0.15, 0.2) is 53.9 Å². The summed E-state index contributed by atoms with van der Waals surface area (Å²) < 4.78 is 30.0. The van der Waals surface area contributed by atoms with Gasteiger partial charge in [0.15, 0.2) is 0 Å². The number of amides is 1. The molecular formula is C16H18N4O4S. The first-order chi connectivity index (χ1) is 11.9. The Hall–Kier alpha value is -2.94. The predicted octanol–water partition coefficient (Wildman–Crippen LogP) is 1.01. The molecule has 0 aliphatic heterocycles. The fourth-order valence-corrected chi connectivity index (χ4v) is 2.80. The van der Waals surface area contributed by atoms with Crippen LogP contribution in [0.4, 0.5) is 5.69 Å². The van der Waals surface area contributed by atoms with Gasteiger partial charge in [-0.1, -0.05) is 6.07 Å². The first-order valence-electron chi connectivity index (χ1n) is 7.24. The minimum atomic E-state index is -3.64. The highest BCUT2D eigenvalue weighted by Gasteiger charge is 2.20. The van der Waals surface area contributed by atoms with Crippen molar-refractivity contribution in [2.75, 3.05) is 24.2 Å². The molecule has 0 bridgehead atoms. The third kappa shape index (κ3) is 5.57. The van der Waals surface area contributed by atoms with Crippen LogP contribution in [0.3, 0.4) is 0 Å². The van der Waals surface area contributed by atoms with Gasteiger partial charge in [-0.05, 0) is 30.3 Å². The quantitative estimate of drug-likeness (QED) is 0.585. The second-order valence-corrected chi connectivity index (χ2v) is 6.95. The first-order valence-corrected chi connectivity index (χ1v) is 9.08. The van der Waals surface area contributed by atoms with Gasteiger partial charge in [0.05, 0.1) is 25.3 Å². The third-order valence-electron chi connectivity index (χ3n) is 3.14. The molecule has 1 aromatic carbocycles. The summed E-state index contributed by atoms with van der Waals surface area (Å²) in [6, 6.07) is 9.86. The number of hydrogen-bond donors (Lipinski definition) is 1. The van der Waals surface area contributed by atoms with E-state index >= 15 is 0 Å². The zero-order valence-corrected chi connectivity index (χ0v) is 14.6. The highest BCUT2D eigenvalue weighted by Crippen LogP contribution is 2.21. The number of nitrogens with one attached hydrogen (secondary N) is 1. The summed E-state index contributed by atoms with van der Waals surface area (Å²) in [6.07, 6.45) is 5.65. The van der Waals surface area contributed by atoms with Crippen LogP contribution in [-0.2, 0) is 14.8 Å². The minimum absolute atomic E-state index is 0.356. The van der Waals surface area contributed by atoms with Gasteiger partial charge >= 0.3 is 0 Å². The summed E-state index contributed by atoms with van der Waals surface area (Å²) in [6.45, 7) is -0.393. The van der Waals surface area contributed by atoms with Crippen molar-refractivity contribution >= 4 is 27.8 Å². The van der Waals surface area contributed by atoms with Crippen LogP contribution >= 0.6 is 0 Å². The van der Waals surface area contributed by atoms with Crippen molar-refractivity contribution in [2.45, 2.75) is 0 Å². The van der Waals surface area contributed by atoms with E-state index in [4.69, 9.17) is 4.74 Å². The first kappa shape index (κ1) is 18.4. The standard InChI is InChI=1S/C16H18N4O4S/c1-24-15-7-5-14(6-8-15)20(25(2,22)23)12-16(21)19-18-11-13-4-3-9-17-10-13/h3-11H,12H2,1-2H3,(H,19,21)/b18-11-. The van der Waals surface area contributed by atoms with Crippen molar-refractivity contribution < 1.29 is 17.9 Å². The number of nitrogens with zero attached hydrogens (tertiary/aromatic N) is 3. The molecule has 0 fully saturated rings. The molecule has 8 nitrogen and oxygen atoms in total. The Balaban J connectivity index is 2.06. The van der Waals surface area contributed by atoms with Crippen LogP contribution < -0.4 is 14.5 Å². The molecule has 0 unspecified atom stereocenters. The molecule has 1 amide bonds. The highest BCUT2D eigenvalue weighted by atomic mass is 32.2. The molecule has 1 N–H and O–H groups in total. The number of benzene rings is 1. The average Bonchev–Trinajstić information content (AvgIpc) is 2.60. The van der Waals surface area contributed by atoms with Crippen LogP contribution in [0.5, 0.6) is 5.75 Å². The number of carbonyl (C=O) groups excluding carboxylic acids is 1. The molecule has 0 saturated carbocycles. The van der Waals surface area contributed by atoms with Crippen LogP contribution in [-0.4, -0.2) is 45.4 Å². The summed E-state index contributed by atoms with van der Waals surface area (Å²) >= 11 is 0. The number of sulfonamides is 1. The second kappa shape index (κ2) is 8.25. The van der Waals surface area contributed by atoms with E-state index < -0.39 is 22.5 Å². The van der Waals surface area contributed by atoms with Gasteiger partial charge < -0.3 is 4.74 Å². The number of ether oxygens (including phenoxy) is 1. The van der Waals surface area contributed by atoms with Gasteiger partial charge in [-0.25, -0.2) is 13.8 Å². The lowest BCUT2D eigenvalue weighted by atomic mass is 10.3. The number of methoxy groups -OCH3 is 1. The molecule has 0 spiro atoms. The number of aromatic nitrogens is 1. The Morgan fingerprint density at radius 3 is 2.60 bits per heavy atom. The molecule has 1 aromatic heterocycles. The summed E-state index contributed by atoms with van der Waals surface area (Å²) in [5.74, 6) is 0.0177. The number of rotatable bonds is 7. The molecular weight excluding hydrogens is 344 g/mol. The van der Waals surface area contributed by atoms with Crippen molar-refractivity contribution in [2.24, 2.45) is 5.10 Å². The molecule has 2 aromatic rings. The fourth-order valence-electron chi connectivity index (χ4n) is 1.95. The summed E-state index contributed by atoms with van der Waals surface area (Å²) in [4.78, 5) is 15.9. The number of carbonyl (C=O) groups is 1. The fraction of sp³-hybridized carbons (Fsp3) is 0.188. The lowest BCUT2D eigenvalue weighted by Gasteiger charge is -2.21. The molecule has 0 atom stereocenters. The number of hydrazone groups is 1. The smallest absolute Gasteiger partial charge is 0.260 e. The van der Waals surface area contributed by atoms with E-state index in [2.05, 4.69) is 15.5 Å². The van der Waals surface area contributed by atoms with E-state index in [1.165, 1.54) is 13.3 Å². The number of anilines is 1. The Morgan fingerprint density at radius 1 is 1.32 bits per heavy atom. The van der Waals surface area contributed by atoms with Crippen molar-refractivity contribution in [1.82, 2.24) is 10.4 Å². The van der Waals surface area contributed by atoms with Gasteiger partial charge in [-0.3, -0.25) is 14.1 Å². The summed E-state index contributed by atoms with van der Waals surface area (Å²) in [7, 11) is -2.13. The van der Waals surface area contributed by atoms with Gasteiger partial charge in [0, 0.05) is 18.0 Å². The molecule has 0 aliphatic carbocycles. The monoisotopic (exact) mass is 362 g/mol. The normalized spacial score (nSPS) is 11.3. The third-order valence-corrected chi connectivity index (χ3v) is 4.28. The lowest BCUT2D eigenvalue weighted by molar-refractivity contribution is -0.119. The predicted molar refractivity (Wildman–Crippen MR) is 95.2 cm³/mol. The Labute approximate surface area is 146 Å². The Morgan fingerprint density at radius 2 is 2.04 bits per heavy atom. The van der Waals surface area contributed by atoms with Crippen molar-refractivity contribution in [1.29, 1.82) is 0 Å². The zero-order valence-electron chi connectivity index (χ0n) is 13.8. The van der Waals surface area contributed by atoms with Gasteiger partial charge in [0.1, 0.15) is 12.3 Å². The van der Waals surface area contributed by atoms with E-state index in [1.807, 2.05) is 0 Å². The Bertz CT molecular complexity index is 836. The molecule has 0 saturated heterocycles. The largest absolute Gasteiger partial charge is 0.497 e. The molecule has 2 rings (SSSR count). The number of hydrogen-bond acceptors (Lipinski definition) is 6. The topological polar surface area (TPSA) is 101 Å². The van der Waals surface area contributed by atoms with Gasteiger partial charge in [0.25, 0.3) is 5.91 Å². The highest BCUT2D eigenvalue weighted by molar-refractivity contribution is 7.92. The van der Waals surface area contributed by atoms with Gasteiger partial charge in [0.2, 0.25) is 10.0 Å². The van der Waals surface area contributed by atoms with Crippen molar-refractivity contribution in [3.63, 3.8) is 0 Å². The van der Waals surface area contributed by atoms with Gasteiger partial charge in [-0.2, -0.15) is 5.10 Å². The van der Waals surface area contributed by atoms with Crippen LogP contribution in [0.1, 0.15) is 5.56 Å². The molecule has 0 radical (unpaired) electrons. The lowest BCUT2D eigenvalue weighted by Crippen LogP contribution is -2.39.